The summed E-state index contributed by atoms with van der Waals surface area (Å²) in [6.07, 6.45) is 5.39. The number of rotatable bonds is 7. The van der Waals surface area contributed by atoms with Crippen molar-refractivity contribution in [2.45, 2.75) is 31.1 Å². The van der Waals surface area contributed by atoms with Gasteiger partial charge in [-0.1, -0.05) is 30.3 Å². The number of halogens is 1. The van der Waals surface area contributed by atoms with E-state index in [0.717, 1.165) is 31.4 Å². The van der Waals surface area contributed by atoms with Gasteiger partial charge in [-0.25, -0.2) is 9.97 Å². The lowest BCUT2D eigenvalue weighted by Crippen LogP contribution is -2.06. The van der Waals surface area contributed by atoms with Crippen molar-refractivity contribution in [2.75, 3.05) is 7.11 Å². The van der Waals surface area contributed by atoms with Crippen molar-refractivity contribution in [1.82, 2.24) is 9.97 Å². The third-order valence-corrected chi connectivity index (χ3v) is 3.54. The summed E-state index contributed by atoms with van der Waals surface area (Å²) in [6, 6.07) is 12.3. The molecule has 1 aromatic carbocycles. The summed E-state index contributed by atoms with van der Waals surface area (Å²) in [5.41, 5.74) is 2.29. The van der Waals surface area contributed by atoms with Crippen LogP contribution in [0.25, 0.3) is 0 Å². The van der Waals surface area contributed by atoms with Crippen LogP contribution in [0.3, 0.4) is 0 Å². The van der Waals surface area contributed by atoms with Crippen molar-refractivity contribution in [2.24, 2.45) is 0 Å². The Balaban J connectivity index is 1.76. The van der Waals surface area contributed by atoms with Crippen LogP contribution in [0.2, 0.25) is 0 Å². The summed E-state index contributed by atoms with van der Waals surface area (Å²) in [6.45, 7) is 0. The third kappa shape index (κ3) is 4.82. The lowest BCUT2D eigenvalue weighted by molar-refractivity contribution is 0.395. The number of ether oxygens (including phenoxy) is 1. The molecule has 0 aliphatic heterocycles. The average molecular weight is 291 g/mol. The highest BCUT2D eigenvalue weighted by Crippen LogP contribution is 2.16. The first-order valence-electron chi connectivity index (χ1n) is 6.81. The van der Waals surface area contributed by atoms with E-state index in [9.17, 15) is 0 Å². The molecule has 0 radical (unpaired) electrons. The second kappa shape index (κ2) is 7.85. The van der Waals surface area contributed by atoms with Crippen LogP contribution in [0.15, 0.2) is 42.7 Å². The zero-order valence-electron chi connectivity index (χ0n) is 11.6. The number of aryl methyl sites for hydroxylation is 1. The molecule has 0 aliphatic rings. The molecule has 1 atom stereocenters. The Morgan fingerprint density at radius 2 is 2.00 bits per heavy atom. The van der Waals surface area contributed by atoms with Crippen LogP contribution in [0.1, 0.15) is 24.1 Å². The van der Waals surface area contributed by atoms with Crippen molar-refractivity contribution in [3.05, 3.63) is 54.0 Å². The quantitative estimate of drug-likeness (QED) is 0.730. The SMILES string of the molecule is COc1cc(CC(Cl)CCCc2ccccc2)ncn1. The van der Waals surface area contributed by atoms with Gasteiger partial charge in [0.1, 0.15) is 6.33 Å². The molecule has 0 saturated heterocycles. The first-order chi connectivity index (χ1) is 9.78. The Hall–Kier alpha value is -1.61. The average Bonchev–Trinajstić information content (AvgIpc) is 2.48. The number of nitrogens with zero attached hydrogens (tertiary/aromatic N) is 2. The highest BCUT2D eigenvalue weighted by Gasteiger charge is 2.08. The number of benzene rings is 1. The van der Waals surface area contributed by atoms with E-state index in [0.29, 0.717) is 5.88 Å². The van der Waals surface area contributed by atoms with Crippen LogP contribution in [0.5, 0.6) is 5.88 Å². The van der Waals surface area contributed by atoms with Gasteiger partial charge >= 0.3 is 0 Å². The molecule has 0 amide bonds. The van der Waals surface area contributed by atoms with E-state index in [4.69, 9.17) is 16.3 Å². The van der Waals surface area contributed by atoms with Gasteiger partial charge in [-0.2, -0.15) is 0 Å². The van der Waals surface area contributed by atoms with Gasteiger partial charge in [0.2, 0.25) is 5.88 Å². The molecule has 0 N–H and O–H groups in total. The third-order valence-electron chi connectivity index (χ3n) is 3.16. The maximum Gasteiger partial charge on any atom is 0.216 e. The standard InChI is InChI=1S/C16H19ClN2O/c1-20-16-11-15(18-12-19-16)10-14(17)9-5-8-13-6-3-2-4-7-13/h2-4,6-7,11-12,14H,5,8-10H2,1H3. The molecular weight excluding hydrogens is 272 g/mol. The maximum absolute atomic E-state index is 6.38. The van der Waals surface area contributed by atoms with Gasteiger partial charge in [-0.05, 0) is 24.8 Å². The molecule has 1 heterocycles. The topological polar surface area (TPSA) is 35.0 Å². The summed E-state index contributed by atoms with van der Waals surface area (Å²) in [4.78, 5) is 8.21. The lowest BCUT2D eigenvalue weighted by atomic mass is 10.1. The molecule has 106 valence electrons. The summed E-state index contributed by atoms with van der Waals surface area (Å²) in [7, 11) is 1.60. The Morgan fingerprint density at radius 1 is 1.20 bits per heavy atom. The Labute approximate surface area is 125 Å². The minimum atomic E-state index is 0.0957. The van der Waals surface area contributed by atoms with Crippen molar-refractivity contribution in [3.63, 3.8) is 0 Å². The van der Waals surface area contributed by atoms with Crippen LogP contribution in [-0.4, -0.2) is 22.5 Å². The van der Waals surface area contributed by atoms with E-state index in [1.165, 1.54) is 11.9 Å². The summed E-state index contributed by atoms with van der Waals surface area (Å²) in [5.74, 6) is 0.586. The molecule has 0 aliphatic carbocycles. The van der Waals surface area contributed by atoms with Gasteiger partial charge in [-0.15, -0.1) is 11.6 Å². The van der Waals surface area contributed by atoms with Gasteiger partial charge in [-0.3, -0.25) is 0 Å². The molecule has 2 aromatic rings. The van der Waals surface area contributed by atoms with Crippen LogP contribution in [0.4, 0.5) is 0 Å². The molecule has 2 rings (SSSR count). The van der Waals surface area contributed by atoms with E-state index in [-0.39, 0.29) is 5.38 Å². The fourth-order valence-electron chi connectivity index (χ4n) is 2.10. The molecule has 0 fully saturated rings. The fraction of sp³-hybridized carbons (Fsp3) is 0.375. The largest absolute Gasteiger partial charge is 0.481 e. The Kier molecular flexibility index (Phi) is 5.81. The Morgan fingerprint density at radius 3 is 2.75 bits per heavy atom. The van der Waals surface area contributed by atoms with Crippen LogP contribution in [-0.2, 0) is 12.8 Å². The second-order valence-corrected chi connectivity index (χ2v) is 5.35. The molecule has 3 nitrogen and oxygen atoms in total. The molecule has 0 bridgehead atoms. The molecular formula is C16H19ClN2O. The van der Waals surface area contributed by atoms with Gasteiger partial charge in [0.05, 0.1) is 7.11 Å². The number of methoxy groups -OCH3 is 1. The van der Waals surface area contributed by atoms with Crippen molar-refractivity contribution < 1.29 is 4.74 Å². The summed E-state index contributed by atoms with van der Waals surface area (Å²) < 4.78 is 5.08. The van der Waals surface area contributed by atoms with Crippen molar-refractivity contribution in [3.8, 4) is 5.88 Å². The van der Waals surface area contributed by atoms with Gasteiger partial charge in [0, 0.05) is 23.6 Å². The predicted molar refractivity (Wildman–Crippen MR) is 81.3 cm³/mol. The number of aromatic nitrogens is 2. The molecule has 20 heavy (non-hydrogen) atoms. The normalized spacial score (nSPS) is 12.1. The van der Waals surface area contributed by atoms with Crippen molar-refractivity contribution in [1.29, 1.82) is 0 Å². The monoisotopic (exact) mass is 290 g/mol. The smallest absolute Gasteiger partial charge is 0.216 e. The number of hydrogen-bond acceptors (Lipinski definition) is 3. The highest BCUT2D eigenvalue weighted by atomic mass is 35.5. The molecule has 4 heteroatoms. The van der Waals surface area contributed by atoms with E-state index in [1.54, 1.807) is 7.11 Å². The fourth-order valence-corrected chi connectivity index (χ4v) is 2.41. The van der Waals surface area contributed by atoms with E-state index < -0.39 is 0 Å². The first-order valence-corrected chi connectivity index (χ1v) is 7.24. The highest BCUT2D eigenvalue weighted by molar-refractivity contribution is 6.20. The van der Waals surface area contributed by atoms with E-state index >= 15 is 0 Å². The minimum absolute atomic E-state index is 0.0957. The lowest BCUT2D eigenvalue weighted by Gasteiger charge is -2.09. The zero-order chi connectivity index (χ0) is 14.2. The van der Waals surface area contributed by atoms with E-state index in [1.807, 2.05) is 12.1 Å². The van der Waals surface area contributed by atoms with Gasteiger partial charge in [0.25, 0.3) is 0 Å². The minimum Gasteiger partial charge on any atom is -0.481 e. The number of alkyl halides is 1. The molecule has 1 unspecified atom stereocenters. The predicted octanol–water partition coefficient (Wildman–Crippen LogP) is 3.66. The van der Waals surface area contributed by atoms with E-state index in [2.05, 4.69) is 34.2 Å². The molecule has 0 spiro atoms. The van der Waals surface area contributed by atoms with Gasteiger partial charge in [0.15, 0.2) is 0 Å². The number of hydrogen-bond donors (Lipinski definition) is 0. The summed E-state index contributed by atoms with van der Waals surface area (Å²) in [5, 5.41) is 0.0957. The van der Waals surface area contributed by atoms with Crippen LogP contribution >= 0.6 is 11.6 Å². The van der Waals surface area contributed by atoms with Crippen LogP contribution < -0.4 is 4.74 Å². The first kappa shape index (κ1) is 14.8. The molecule has 1 aromatic heterocycles. The van der Waals surface area contributed by atoms with Gasteiger partial charge < -0.3 is 4.74 Å². The second-order valence-electron chi connectivity index (χ2n) is 4.73. The molecule has 0 saturated carbocycles. The van der Waals surface area contributed by atoms with Crippen molar-refractivity contribution >= 4 is 11.6 Å². The summed E-state index contributed by atoms with van der Waals surface area (Å²) >= 11 is 6.38. The Bertz CT molecular complexity index is 519. The zero-order valence-corrected chi connectivity index (χ0v) is 12.4. The van der Waals surface area contributed by atoms with Crippen LogP contribution in [0, 0.1) is 0 Å². The maximum atomic E-state index is 6.38.